The van der Waals surface area contributed by atoms with Gasteiger partial charge in [-0.05, 0) is 45.7 Å². The average molecular weight is 423 g/mol. The van der Waals surface area contributed by atoms with E-state index in [4.69, 9.17) is 4.98 Å². The highest BCUT2D eigenvalue weighted by Crippen LogP contribution is 2.53. The van der Waals surface area contributed by atoms with Gasteiger partial charge in [0.05, 0.1) is 5.69 Å². The molecule has 156 valence electrons. The number of benzene rings is 1. The molecule has 2 unspecified atom stereocenters. The van der Waals surface area contributed by atoms with Gasteiger partial charge in [0, 0.05) is 40.5 Å². The maximum atomic E-state index is 12.4. The lowest BCUT2D eigenvalue weighted by atomic mass is 9.92. The Hall–Kier alpha value is -2.57. The van der Waals surface area contributed by atoms with Crippen LogP contribution in [-0.2, 0) is 16.1 Å². The zero-order chi connectivity index (χ0) is 21.6. The number of aromatic nitrogens is 1. The first kappa shape index (κ1) is 20.7. The van der Waals surface area contributed by atoms with Crippen LogP contribution in [0.5, 0.6) is 0 Å². The van der Waals surface area contributed by atoms with Crippen molar-refractivity contribution in [2.75, 3.05) is 6.54 Å². The second-order valence-electron chi connectivity index (χ2n) is 8.76. The van der Waals surface area contributed by atoms with Gasteiger partial charge in [0.25, 0.3) is 6.47 Å². The number of carbonyl (C=O) groups is 2. The summed E-state index contributed by atoms with van der Waals surface area (Å²) in [6, 6.07) is 10.8. The molecule has 1 aromatic carbocycles. The van der Waals surface area contributed by atoms with Gasteiger partial charge in [-0.1, -0.05) is 30.3 Å². The Labute approximate surface area is 180 Å². The highest BCUT2D eigenvalue weighted by molar-refractivity contribution is 7.19. The number of fused-ring (bicyclic) bond motifs is 5. The Morgan fingerprint density at radius 2 is 1.97 bits per heavy atom. The molecule has 4 heterocycles. The van der Waals surface area contributed by atoms with Crippen LogP contribution < -0.4 is 0 Å². The van der Waals surface area contributed by atoms with Gasteiger partial charge in [-0.2, -0.15) is 0 Å². The normalized spacial score (nSPS) is 18.8. The van der Waals surface area contributed by atoms with Gasteiger partial charge in [0.2, 0.25) is 0 Å². The van der Waals surface area contributed by atoms with Crippen molar-refractivity contribution in [2.45, 2.75) is 52.8 Å². The van der Waals surface area contributed by atoms with Crippen LogP contribution >= 0.6 is 11.3 Å². The number of carbonyl (C=O) groups excluding carboxylic acids is 2. The summed E-state index contributed by atoms with van der Waals surface area (Å²) in [6.07, 6.45) is 0. The van der Waals surface area contributed by atoms with Gasteiger partial charge >= 0.3 is 0 Å². The van der Waals surface area contributed by atoms with E-state index >= 15 is 0 Å². The molecule has 1 fully saturated rings. The van der Waals surface area contributed by atoms with E-state index in [1.165, 1.54) is 15.8 Å². The lowest BCUT2D eigenvalue weighted by Crippen LogP contribution is -2.17. The van der Waals surface area contributed by atoms with E-state index in [0.717, 1.165) is 40.3 Å². The molecule has 30 heavy (non-hydrogen) atoms. The second kappa shape index (κ2) is 7.60. The van der Waals surface area contributed by atoms with E-state index in [0.29, 0.717) is 12.5 Å². The molecule has 2 atom stereocenters. The van der Waals surface area contributed by atoms with Crippen molar-refractivity contribution in [3.8, 4) is 11.1 Å². The van der Waals surface area contributed by atoms with Crippen molar-refractivity contribution in [2.24, 2.45) is 0 Å². The third-order valence-corrected chi connectivity index (χ3v) is 6.43. The minimum absolute atomic E-state index is 0.0985. The minimum Gasteiger partial charge on any atom is -0.462 e. The molecule has 2 aliphatic heterocycles. The van der Waals surface area contributed by atoms with Crippen molar-refractivity contribution in [1.29, 1.82) is 0 Å². The predicted molar refractivity (Wildman–Crippen MR) is 120 cm³/mol. The summed E-state index contributed by atoms with van der Waals surface area (Å²) in [4.78, 5) is 31.7. The average Bonchev–Trinajstić information content (AvgIpc) is 3.18. The number of pyridine rings is 1. The van der Waals surface area contributed by atoms with E-state index in [-0.39, 0.29) is 11.4 Å². The molecule has 1 saturated heterocycles. The number of ketones is 1. The molecule has 5 nitrogen and oxygen atoms in total. The number of hydrogen-bond acceptors (Lipinski definition) is 6. The summed E-state index contributed by atoms with van der Waals surface area (Å²) in [5.41, 5.74) is 4.94. The number of thiophene rings is 1. The molecule has 6 heteroatoms. The van der Waals surface area contributed by atoms with Gasteiger partial charge in [0.1, 0.15) is 10.4 Å². The van der Waals surface area contributed by atoms with Gasteiger partial charge in [-0.3, -0.25) is 14.5 Å². The molecular weight excluding hydrogens is 396 g/mol. The Kier molecular flexibility index (Phi) is 5.24. The molecule has 0 aliphatic carbocycles. The smallest absolute Gasteiger partial charge is 0.293 e. The molecule has 2 aromatic heterocycles. The summed E-state index contributed by atoms with van der Waals surface area (Å²) in [7, 11) is 0. The Bertz CT molecular complexity index is 1130. The zero-order valence-electron chi connectivity index (χ0n) is 18.0. The SMILES string of the molecule is CC(=O)c1c(C)nc2sc3c(c2c1-c1ccccc1)C1CN1C3.CC(C)(C)OC=O. The number of aryl methyl sites for hydroxylation is 1. The van der Waals surface area contributed by atoms with Gasteiger partial charge in [-0.25, -0.2) is 4.98 Å². The summed E-state index contributed by atoms with van der Waals surface area (Å²) in [6.45, 7) is 11.7. The maximum Gasteiger partial charge on any atom is 0.293 e. The van der Waals surface area contributed by atoms with Gasteiger partial charge in [-0.15, -0.1) is 11.3 Å². The van der Waals surface area contributed by atoms with Crippen molar-refractivity contribution < 1.29 is 14.3 Å². The summed E-state index contributed by atoms with van der Waals surface area (Å²) >= 11 is 1.80. The van der Waals surface area contributed by atoms with Crippen molar-refractivity contribution in [3.05, 3.63) is 52.0 Å². The number of Topliss-reactive ketones (excluding diaryl/α,β-unsaturated/α-hetero) is 1. The van der Waals surface area contributed by atoms with Crippen LogP contribution in [0.2, 0.25) is 0 Å². The van der Waals surface area contributed by atoms with Crippen molar-refractivity contribution in [3.63, 3.8) is 0 Å². The first-order valence-electron chi connectivity index (χ1n) is 10.1. The first-order valence-corrected chi connectivity index (χ1v) is 10.9. The highest BCUT2D eigenvalue weighted by Gasteiger charge is 2.46. The van der Waals surface area contributed by atoms with E-state index in [1.54, 1.807) is 18.3 Å². The fraction of sp³-hybridized carbons (Fsp3) is 0.375. The third kappa shape index (κ3) is 3.77. The molecule has 0 radical (unpaired) electrons. The highest BCUT2D eigenvalue weighted by atomic mass is 32.1. The van der Waals surface area contributed by atoms with Crippen LogP contribution in [-0.4, -0.2) is 34.3 Å². The van der Waals surface area contributed by atoms with Crippen molar-refractivity contribution >= 4 is 33.8 Å². The fourth-order valence-electron chi connectivity index (χ4n) is 4.06. The van der Waals surface area contributed by atoms with E-state index < -0.39 is 0 Å². The quantitative estimate of drug-likeness (QED) is 0.326. The van der Waals surface area contributed by atoms with E-state index in [9.17, 15) is 9.59 Å². The van der Waals surface area contributed by atoms with E-state index in [1.807, 2.05) is 45.9 Å². The number of nitrogens with zero attached hydrogens (tertiary/aromatic N) is 2. The standard InChI is InChI=1S/C19H16N2OS.C5H10O2/c1-10-15(11(2)22)16(12-6-4-3-5-7-12)18-17-13-8-21(13)9-14(17)23-19(18)20-10;1-5(2,3)7-4-6/h3-7,13H,8-9H2,1-2H3;4H,1-3H3. The van der Waals surface area contributed by atoms with Crippen LogP contribution in [0.25, 0.3) is 21.3 Å². The maximum absolute atomic E-state index is 12.4. The van der Waals surface area contributed by atoms with Crippen molar-refractivity contribution in [1.82, 2.24) is 9.88 Å². The largest absolute Gasteiger partial charge is 0.462 e. The molecule has 0 bridgehead atoms. The summed E-state index contributed by atoms with van der Waals surface area (Å²) in [5, 5.41) is 1.22. The topological polar surface area (TPSA) is 59.3 Å². The Morgan fingerprint density at radius 1 is 1.27 bits per heavy atom. The predicted octanol–water partition coefficient (Wildman–Crippen LogP) is 5.30. The summed E-state index contributed by atoms with van der Waals surface area (Å²) in [5.74, 6) is 0.0985. The lowest BCUT2D eigenvalue weighted by Gasteiger charge is -2.14. The molecular formula is C24H26N2O3S. The Balaban J connectivity index is 0.000000272. The zero-order valence-corrected chi connectivity index (χ0v) is 18.8. The molecule has 3 aromatic rings. The van der Waals surface area contributed by atoms with Gasteiger partial charge < -0.3 is 4.74 Å². The molecule has 2 aliphatic rings. The van der Waals surface area contributed by atoms with Crippen LogP contribution in [0, 0.1) is 6.92 Å². The minimum atomic E-state index is -0.318. The summed E-state index contributed by atoms with van der Waals surface area (Å²) < 4.78 is 4.55. The molecule has 0 N–H and O–H groups in total. The molecule has 5 rings (SSSR count). The number of hydrogen-bond donors (Lipinski definition) is 0. The molecule has 0 spiro atoms. The molecule has 0 amide bonds. The molecule has 0 saturated carbocycles. The van der Waals surface area contributed by atoms with Crippen LogP contribution in [0.1, 0.15) is 60.2 Å². The van der Waals surface area contributed by atoms with Crippen LogP contribution in [0.15, 0.2) is 30.3 Å². The second-order valence-corrected chi connectivity index (χ2v) is 9.84. The monoisotopic (exact) mass is 422 g/mol. The van der Waals surface area contributed by atoms with Crippen LogP contribution in [0.3, 0.4) is 0 Å². The lowest BCUT2D eigenvalue weighted by molar-refractivity contribution is -0.138. The van der Waals surface area contributed by atoms with Gasteiger partial charge in [0.15, 0.2) is 5.78 Å². The van der Waals surface area contributed by atoms with E-state index in [2.05, 4.69) is 21.8 Å². The third-order valence-electron chi connectivity index (χ3n) is 5.35. The number of rotatable bonds is 3. The Morgan fingerprint density at radius 3 is 2.53 bits per heavy atom. The first-order chi connectivity index (χ1) is 14.2. The fourth-order valence-corrected chi connectivity index (χ4v) is 5.37. The number of ether oxygens (including phenoxy) is 1. The van der Waals surface area contributed by atoms with Crippen LogP contribution in [0.4, 0.5) is 0 Å².